The molecule has 1 fully saturated rings. The Labute approximate surface area is 255 Å². The van der Waals surface area contributed by atoms with Crippen LogP contribution in [0.5, 0.6) is 5.75 Å². The maximum absolute atomic E-state index is 11.6. The van der Waals surface area contributed by atoms with E-state index in [1.165, 1.54) is 28.7 Å². The highest BCUT2D eigenvalue weighted by molar-refractivity contribution is 6.00. The van der Waals surface area contributed by atoms with Crippen molar-refractivity contribution in [1.29, 1.82) is 0 Å². The zero-order chi connectivity index (χ0) is 30.0. The summed E-state index contributed by atoms with van der Waals surface area (Å²) in [7, 11) is 3.52. The van der Waals surface area contributed by atoms with Crippen LogP contribution in [-0.4, -0.2) is 47.9 Å². The van der Waals surface area contributed by atoms with Crippen LogP contribution >= 0.6 is 0 Å². The molecule has 1 atom stereocenters. The van der Waals surface area contributed by atoms with Crippen LogP contribution < -0.4 is 4.74 Å². The normalized spacial score (nSPS) is 15.9. The van der Waals surface area contributed by atoms with Crippen LogP contribution in [0.15, 0.2) is 91.1 Å². The maximum atomic E-state index is 11.6. The molecule has 2 heterocycles. The smallest absolute Gasteiger partial charge is 0.245 e. The molecule has 1 saturated heterocycles. The molecule has 6 nitrogen and oxygen atoms in total. The third kappa shape index (κ3) is 7.63. The molecule has 0 saturated carbocycles. The topological polar surface area (TPSA) is 56.6 Å². The minimum atomic E-state index is 0.0129. The highest BCUT2D eigenvalue weighted by atomic mass is 16.5. The second-order valence-corrected chi connectivity index (χ2v) is 11.3. The number of allylic oxidation sites excluding steroid dienone is 2. The van der Waals surface area contributed by atoms with Crippen molar-refractivity contribution in [2.45, 2.75) is 58.1 Å². The lowest BCUT2D eigenvalue weighted by atomic mass is 9.88. The van der Waals surface area contributed by atoms with E-state index in [-0.39, 0.29) is 12.1 Å². The van der Waals surface area contributed by atoms with E-state index < -0.39 is 0 Å². The predicted octanol–water partition coefficient (Wildman–Crippen LogP) is 8.30. The molecule has 224 valence electrons. The number of carbonyl (C=O) groups excluding carboxylic acids is 1. The van der Waals surface area contributed by atoms with Gasteiger partial charge in [-0.3, -0.25) is 4.79 Å². The molecule has 1 aliphatic heterocycles. The van der Waals surface area contributed by atoms with Gasteiger partial charge in [0.05, 0.1) is 18.3 Å². The molecule has 4 aromatic rings. The number of likely N-dealkylation sites (N-methyl/N-ethyl adjacent to an activating group) is 1. The van der Waals surface area contributed by atoms with Gasteiger partial charge in [0.15, 0.2) is 6.23 Å². The van der Waals surface area contributed by atoms with Crippen molar-refractivity contribution in [1.82, 2.24) is 14.7 Å². The van der Waals surface area contributed by atoms with Crippen LogP contribution in [-0.2, 0) is 9.53 Å². The highest BCUT2D eigenvalue weighted by Crippen LogP contribution is 2.37. The van der Waals surface area contributed by atoms with E-state index in [0.717, 1.165) is 67.3 Å². The number of carbonyl (C=O) groups is 1. The van der Waals surface area contributed by atoms with Gasteiger partial charge in [-0.05, 0) is 103 Å². The Balaban J connectivity index is 1.36. The second kappa shape index (κ2) is 14.8. The first kappa shape index (κ1) is 30.3. The van der Waals surface area contributed by atoms with Crippen LogP contribution in [0.3, 0.4) is 0 Å². The van der Waals surface area contributed by atoms with Crippen molar-refractivity contribution < 1.29 is 14.3 Å². The lowest BCUT2D eigenvalue weighted by molar-refractivity contribution is -0.123. The lowest BCUT2D eigenvalue weighted by Gasteiger charge is -2.23. The molecule has 6 heteroatoms. The number of unbranched alkanes of at least 4 members (excludes halogenated alkanes) is 2. The molecule has 43 heavy (non-hydrogen) atoms. The number of hydrogen-bond donors (Lipinski definition) is 0. The molecule has 5 rings (SSSR count). The van der Waals surface area contributed by atoms with Gasteiger partial charge in [0, 0.05) is 26.1 Å². The zero-order valence-corrected chi connectivity index (χ0v) is 25.7. The molecule has 0 bridgehead atoms. The van der Waals surface area contributed by atoms with Crippen LogP contribution in [0, 0.1) is 0 Å². The molecular weight excluding hydrogens is 534 g/mol. The van der Waals surface area contributed by atoms with Gasteiger partial charge >= 0.3 is 0 Å². The summed E-state index contributed by atoms with van der Waals surface area (Å²) < 4.78 is 14.1. The Morgan fingerprint density at radius 1 is 1.00 bits per heavy atom. The largest absolute Gasteiger partial charge is 0.494 e. The number of nitrogens with zero attached hydrogens (tertiary/aromatic N) is 3. The summed E-state index contributed by atoms with van der Waals surface area (Å²) in [5.74, 6) is 0.885. The summed E-state index contributed by atoms with van der Waals surface area (Å²) in [6, 6.07) is 25.8. The number of benzene rings is 3. The molecule has 1 aromatic heterocycles. The number of ether oxygens (including phenoxy) is 2. The quantitative estimate of drug-likeness (QED) is 0.0966. The van der Waals surface area contributed by atoms with Crippen LogP contribution in [0.25, 0.3) is 22.0 Å². The number of aromatic nitrogens is 2. The van der Waals surface area contributed by atoms with Gasteiger partial charge in [-0.15, -0.1) is 0 Å². The highest BCUT2D eigenvalue weighted by Gasteiger charge is 2.20. The minimum absolute atomic E-state index is 0.0129. The van der Waals surface area contributed by atoms with E-state index in [0.29, 0.717) is 6.61 Å². The summed E-state index contributed by atoms with van der Waals surface area (Å²) in [6.45, 7) is 3.67. The Hall–Kier alpha value is -4.16. The van der Waals surface area contributed by atoms with Gasteiger partial charge in [-0.2, -0.15) is 5.10 Å². The first-order valence-corrected chi connectivity index (χ1v) is 15.5. The van der Waals surface area contributed by atoms with Crippen molar-refractivity contribution in [2.24, 2.45) is 0 Å². The van der Waals surface area contributed by atoms with Crippen LogP contribution in [0.2, 0.25) is 0 Å². The fourth-order valence-electron chi connectivity index (χ4n) is 5.64. The van der Waals surface area contributed by atoms with E-state index in [9.17, 15) is 4.79 Å². The van der Waals surface area contributed by atoms with Crippen molar-refractivity contribution in [2.75, 3.05) is 27.3 Å². The van der Waals surface area contributed by atoms with Gasteiger partial charge in [-0.25, -0.2) is 4.68 Å². The van der Waals surface area contributed by atoms with Crippen molar-refractivity contribution >= 4 is 28.0 Å². The lowest BCUT2D eigenvalue weighted by Crippen LogP contribution is -2.18. The molecule has 3 aromatic carbocycles. The Morgan fingerprint density at radius 2 is 1.79 bits per heavy atom. The third-order valence-corrected chi connectivity index (χ3v) is 7.97. The molecule has 0 spiro atoms. The Kier molecular flexibility index (Phi) is 10.5. The molecule has 0 radical (unpaired) electrons. The third-order valence-electron chi connectivity index (χ3n) is 7.97. The summed E-state index contributed by atoms with van der Waals surface area (Å²) in [5.41, 5.74) is 7.20. The molecule has 0 aliphatic carbocycles. The van der Waals surface area contributed by atoms with Crippen molar-refractivity contribution in [3.8, 4) is 5.75 Å². The van der Waals surface area contributed by atoms with Gasteiger partial charge in [0.2, 0.25) is 5.91 Å². The van der Waals surface area contributed by atoms with E-state index in [2.05, 4.69) is 79.7 Å². The average molecular weight is 578 g/mol. The molecular formula is C37H43N3O3. The van der Waals surface area contributed by atoms with Crippen molar-refractivity contribution in [3.05, 3.63) is 108 Å². The number of fused-ring (bicyclic) bond motifs is 1. The summed E-state index contributed by atoms with van der Waals surface area (Å²) in [6.07, 6.45) is 12.5. The number of amides is 1. The predicted molar refractivity (Wildman–Crippen MR) is 175 cm³/mol. The van der Waals surface area contributed by atoms with Crippen LogP contribution in [0.4, 0.5) is 0 Å². The fraction of sp³-hybridized carbons (Fsp3) is 0.351. The summed E-state index contributed by atoms with van der Waals surface area (Å²) >= 11 is 0. The Morgan fingerprint density at radius 3 is 2.51 bits per heavy atom. The number of rotatable bonds is 12. The minimum Gasteiger partial charge on any atom is -0.494 e. The van der Waals surface area contributed by atoms with Gasteiger partial charge in [0.1, 0.15) is 5.75 Å². The summed E-state index contributed by atoms with van der Waals surface area (Å²) in [4.78, 5) is 13.2. The molecule has 0 N–H and O–H groups in total. The van der Waals surface area contributed by atoms with E-state index in [1.54, 1.807) is 25.1 Å². The summed E-state index contributed by atoms with van der Waals surface area (Å²) in [5, 5.41) is 5.85. The first-order valence-electron chi connectivity index (χ1n) is 15.5. The van der Waals surface area contributed by atoms with Crippen LogP contribution in [0.1, 0.15) is 74.8 Å². The maximum Gasteiger partial charge on any atom is 0.245 e. The van der Waals surface area contributed by atoms with Gasteiger partial charge in [0.25, 0.3) is 0 Å². The molecule has 1 unspecified atom stereocenters. The van der Waals surface area contributed by atoms with Gasteiger partial charge in [-0.1, -0.05) is 61.5 Å². The average Bonchev–Trinajstić information content (AvgIpc) is 3.47. The fourth-order valence-corrected chi connectivity index (χ4v) is 5.64. The molecule has 1 aliphatic rings. The number of hydrogen-bond acceptors (Lipinski definition) is 4. The van der Waals surface area contributed by atoms with E-state index >= 15 is 0 Å². The van der Waals surface area contributed by atoms with E-state index in [4.69, 9.17) is 14.6 Å². The standard InChI is InChI=1S/C37H43N3O3/c1-4-33(28-14-8-7-9-15-28)37(30-20-23-34-31(26-30)27-38-40(34)36-17-11-13-25-43-36)29-18-21-32(22-19-29)42-24-12-6-5-10-16-35(41)39(2)3/h7-10,14-16,18-23,26-27,36H,4-6,11-13,17,24-25H2,1-3H3/b16-10+,37-33+. The van der Waals surface area contributed by atoms with E-state index in [1.807, 2.05) is 17.0 Å². The SMILES string of the molecule is CC/C(=C(/c1ccc(OCCCC/C=C/C(=O)N(C)C)cc1)c1ccc2c(cnn2C2CCCCO2)c1)c1ccccc1. The Bertz CT molecular complexity index is 1550. The second-order valence-electron chi connectivity index (χ2n) is 11.3. The molecule has 1 amide bonds. The first-order chi connectivity index (χ1) is 21.0. The monoisotopic (exact) mass is 577 g/mol. The van der Waals surface area contributed by atoms with Crippen molar-refractivity contribution in [3.63, 3.8) is 0 Å². The van der Waals surface area contributed by atoms with Gasteiger partial charge < -0.3 is 14.4 Å². The zero-order valence-electron chi connectivity index (χ0n) is 25.7.